The van der Waals surface area contributed by atoms with Crippen LogP contribution in [-0.4, -0.2) is 54.9 Å². The highest BCUT2D eigenvalue weighted by molar-refractivity contribution is 5.99. The molecule has 3 heterocycles. The second-order valence-electron chi connectivity index (χ2n) is 9.28. The van der Waals surface area contributed by atoms with E-state index in [4.69, 9.17) is 5.26 Å². The normalized spacial score (nSPS) is 16.7. The number of anilines is 1. The van der Waals surface area contributed by atoms with Gasteiger partial charge in [0, 0.05) is 49.3 Å². The number of carbonyl (C=O) groups excluding carboxylic acids is 1. The summed E-state index contributed by atoms with van der Waals surface area (Å²) in [7, 11) is 0. The highest BCUT2D eigenvalue weighted by Crippen LogP contribution is 2.39. The average molecular weight is 484 g/mol. The number of carbonyl (C=O) groups is 1. The van der Waals surface area contributed by atoms with Crippen LogP contribution in [0.1, 0.15) is 61.9 Å². The minimum Gasteiger partial charge on any atom is -0.390 e. The van der Waals surface area contributed by atoms with Gasteiger partial charge in [0.15, 0.2) is 11.5 Å². The first-order valence-corrected chi connectivity index (χ1v) is 11.5. The lowest BCUT2D eigenvalue weighted by molar-refractivity contribution is -0.105. The molecular weight excluding hydrogens is 456 g/mol. The SMILES string of the molecule is CC(C)Nc1cc(-n2ncc3cc(C#N)cnc32)ncc1C(=O)NCCC1(O)CCC(F)(F)CC1. The molecule has 1 aliphatic rings. The van der Waals surface area contributed by atoms with Crippen molar-refractivity contribution in [3.8, 4) is 11.9 Å². The largest absolute Gasteiger partial charge is 0.390 e. The summed E-state index contributed by atoms with van der Waals surface area (Å²) >= 11 is 0. The average Bonchev–Trinajstić information content (AvgIpc) is 3.24. The number of hydrogen-bond donors (Lipinski definition) is 3. The number of nitrogens with one attached hydrogen (secondary N) is 2. The summed E-state index contributed by atoms with van der Waals surface area (Å²) in [6.07, 6.45) is 4.00. The lowest BCUT2D eigenvalue weighted by Crippen LogP contribution is -2.41. The number of alkyl halides is 2. The fourth-order valence-electron chi connectivity index (χ4n) is 4.16. The van der Waals surface area contributed by atoms with Gasteiger partial charge in [-0.1, -0.05) is 0 Å². The van der Waals surface area contributed by atoms with Gasteiger partial charge in [0.05, 0.1) is 28.6 Å². The van der Waals surface area contributed by atoms with Gasteiger partial charge in [-0.25, -0.2) is 18.7 Å². The molecule has 0 unspecified atom stereocenters. The molecule has 0 aliphatic heterocycles. The van der Waals surface area contributed by atoms with E-state index in [1.165, 1.54) is 17.1 Å². The van der Waals surface area contributed by atoms with Crippen molar-refractivity contribution in [2.24, 2.45) is 0 Å². The minimum absolute atomic E-state index is 0.00794. The fraction of sp³-hybridized carbons (Fsp3) is 0.458. The van der Waals surface area contributed by atoms with Crippen molar-refractivity contribution < 1.29 is 18.7 Å². The van der Waals surface area contributed by atoms with Crippen LogP contribution in [0.4, 0.5) is 14.5 Å². The van der Waals surface area contributed by atoms with Crippen LogP contribution in [-0.2, 0) is 0 Å². The van der Waals surface area contributed by atoms with Crippen LogP contribution in [0.15, 0.2) is 30.7 Å². The minimum atomic E-state index is -2.73. The van der Waals surface area contributed by atoms with Crippen LogP contribution in [0, 0.1) is 11.3 Å². The van der Waals surface area contributed by atoms with Crippen molar-refractivity contribution in [3.05, 3.63) is 41.9 Å². The third-order valence-corrected chi connectivity index (χ3v) is 6.12. The number of hydrogen-bond acceptors (Lipinski definition) is 7. The van der Waals surface area contributed by atoms with Crippen molar-refractivity contribution in [2.75, 3.05) is 11.9 Å². The van der Waals surface area contributed by atoms with Crippen LogP contribution in [0.2, 0.25) is 0 Å². The number of nitrogens with zero attached hydrogens (tertiary/aromatic N) is 5. The van der Waals surface area contributed by atoms with E-state index in [0.717, 1.165) is 0 Å². The molecular formula is C24H27F2N7O2. The number of fused-ring (bicyclic) bond motifs is 1. The molecule has 3 aromatic rings. The third kappa shape index (κ3) is 5.54. The first-order chi connectivity index (χ1) is 16.6. The zero-order valence-corrected chi connectivity index (χ0v) is 19.6. The molecule has 3 aromatic heterocycles. The van der Waals surface area contributed by atoms with E-state index in [0.29, 0.717) is 33.7 Å². The molecule has 9 nitrogen and oxygen atoms in total. The summed E-state index contributed by atoms with van der Waals surface area (Å²) in [5.41, 5.74) is 0.591. The van der Waals surface area contributed by atoms with E-state index in [1.807, 2.05) is 19.9 Å². The number of aliphatic hydroxyl groups is 1. The van der Waals surface area contributed by atoms with Gasteiger partial charge in [-0.2, -0.15) is 15.0 Å². The van der Waals surface area contributed by atoms with Crippen LogP contribution in [0.25, 0.3) is 16.9 Å². The molecule has 0 spiro atoms. The fourth-order valence-corrected chi connectivity index (χ4v) is 4.16. The molecule has 3 N–H and O–H groups in total. The van der Waals surface area contributed by atoms with Gasteiger partial charge < -0.3 is 15.7 Å². The van der Waals surface area contributed by atoms with Crippen LogP contribution >= 0.6 is 0 Å². The highest BCUT2D eigenvalue weighted by atomic mass is 19.3. The first kappa shape index (κ1) is 24.5. The van der Waals surface area contributed by atoms with E-state index in [-0.39, 0.29) is 50.6 Å². The maximum atomic E-state index is 13.4. The summed E-state index contributed by atoms with van der Waals surface area (Å²) in [6.45, 7) is 4.02. The van der Waals surface area contributed by atoms with E-state index in [9.17, 15) is 18.7 Å². The van der Waals surface area contributed by atoms with Gasteiger partial charge in [0.25, 0.3) is 5.91 Å². The lowest BCUT2D eigenvalue weighted by atomic mass is 9.80. The lowest BCUT2D eigenvalue weighted by Gasteiger charge is -2.36. The molecule has 35 heavy (non-hydrogen) atoms. The summed E-state index contributed by atoms with van der Waals surface area (Å²) in [5.74, 6) is -2.68. The molecule has 0 radical (unpaired) electrons. The van der Waals surface area contributed by atoms with Crippen molar-refractivity contribution in [1.29, 1.82) is 5.26 Å². The number of pyridine rings is 2. The maximum absolute atomic E-state index is 13.4. The number of aromatic nitrogens is 4. The van der Waals surface area contributed by atoms with Crippen LogP contribution in [0.5, 0.6) is 0 Å². The highest BCUT2D eigenvalue weighted by Gasteiger charge is 2.41. The Morgan fingerprint density at radius 2 is 1.94 bits per heavy atom. The molecule has 4 rings (SSSR count). The van der Waals surface area contributed by atoms with Gasteiger partial charge >= 0.3 is 0 Å². The maximum Gasteiger partial charge on any atom is 0.254 e. The Labute approximate surface area is 201 Å². The van der Waals surface area contributed by atoms with Gasteiger partial charge in [-0.15, -0.1) is 0 Å². The molecule has 0 aromatic carbocycles. The number of amides is 1. The van der Waals surface area contributed by atoms with E-state index < -0.39 is 11.5 Å². The Morgan fingerprint density at radius 1 is 1.20 bits per heavy atom. The first-order valence-electron chi connectivity index (χ1n) is 11.5. The molecule has 0 atom stereocenters. The monoisotopic (exact) mass is 483 g/mol. The summed E-state index contributed by atoms with van der Waals surface area (Å²) in [6, 6.07) is 5.44. The Hall–Kier alpha value is -3.65. The van der Waals surface area contributed by atoms with Gasteiger partial charge in [-0.05, 0) is 39.2 Å². The molecule has 1 saturated carbocycles. The predicted molar refractivity (Wildman–Crippen MR) is 125 cm³/mol. The number of halogens is 2. The standard InChI is InChI=1S/C24H27F2N7O2/c1-15(2)32-19-10-20(33-21-17(13-31-33)9-16(11-27)12-30-21)29-14-18(19)22(34)28-8-7-23(35)3-5-24(25,26)6-4-23/h9-10,12-15,35H,3-8H2,1-2H3,(H,28,34)(H,29,32). The summed E-state index contributed by atoms with van der Waals surface area (Å²) in [4.78, 5) is 21.6. The van der Waals surface area contributed by atoms with Crippen molar-refractivity contribution in [2.45, 2.75) is 63.5 Å². The molecule has 11 heteroatoms. The number of rotatable bonds is 7. The van der Waals surface area contributed by atoms with Crippen molar-refractivity contribution in [3.63, 3.8) is 0 Å². The second-order valence-corrected chi connectivity index (χ2v) is 9.28. The summed E-state index contributed by atoms with van der Waals surface area (Å²) < 4.78 is 28.3. The molecule has 1 aliphatic carbocycles. The predicted octanol–water partition coefficient (Wildman–Crippen LogP) is 3.57. The molecule has 0 bridgehead atoms. The van der Waals surface area contributed by atoms with Gasteiger partial charge in [0.2, 0.25) is 5.92 Å². The van der Waals surface area contributed by atoms with Gasteiger partial charge in [-0.3, -0.25) is 4.79 Å². The quantitative estimate of drug-likeness (QED) is 0.469. The molecule has 0 saturated heterocycles. The van der Waals surface area contributed by atoms with Gasteiger partial charge in [0.1, 0.15) is 6.07 Å². The van der Waals surface area contributed by atoms with Crippen LogP contribution < -0.4 is 10.6 Å². The molecule has 1 amide bonds. The Bertz CT molecular complexity index is 1270. The molecule has 184 valence electrons. The summed E-state index contributed by atoms with van der Waals surface area (Å²) in [5, 5.41) is 30.7. The van der Waals surface area contributed by atoms with Crippen molar-refractivity contribution in [1.82, 2.24) is 25.1 Å². The van der Waals surface area contributed by atoms with Crippen LogP contribution in [0.3, 0.4) is 0 Å². The Morgan fingerprint density at radius 3 is 2.63 bits per heavy atom. The number of nitriles is 1. The van der Waals surface area contributed by atoms with E-state index in [2.05, 4.69) is 25.7 Å². The molecule has 1 fully saturated rings. The van der Waals surface area contributed by atoms with E-state index >= 15 is 0 Å². The smallest absolute Gasteiger partial charge is 0.254 e. The third-order valence-electron chi connectivity index (χ3n) is 6.12. The Balaban J connectivity index is 1.51. The second kappa shape index (κ2) is 9.54. The van der Waals surface area contributed by atoms with E-state index in [1.54, 1.807) is 18.3 Å². The zero-order valence-electron chi connectivity index (χ0n) is 19.6. The topological polar surface area (TPSA) is 129 Å². The zero-order chi connectivity index (χ0) is 25.2. The Kier molecular flexibility index (Phi) is 6.67. The van der Waals surface area contributed by atoms with Crippen molar-refractivity contribution >= 4 is 22.6 Å².